The molecule has 0 radical (unpaired) electrons. The van der Waals surface area contributed by atoms with Crippen molar-refractivity contribution in [2.24, 2.45) is 0 Å². The minimum atomic E-state index is -0.991. The minimum Gasteiger partial charge on any atom is -0.467 e. The highest BCUT2D eigenvalue weighted by Crippen LogP contribution is 2.35. The molecule has 3 aromatic rings. The van der Waals surface area contributed by atoms with E-state index in [9.17, 15) is 14.4 Å². The zero-order chi connectivity index (χ0) is 20.5. The molecule has 0 bridgehead atoms. The van der Waals surface area contributed by atoms with Gasteiger partial charge in [0.25, 0.3) is 11.1 Å². The second-order valence-electron chi connectivity index (χ2n) is 6.07. The predicted molar refractivity (Wildman–Crippen MR) is 108 cm³/mol. The van der Waals surface area contributed by atoms with Crippen LogP contribution in [-0.2, 0) is 14.3 Å². The number of ether oxygens (including phenoxy) is 1. The van der Waals surface area contributed by atoms with Gasteiger partial charge in [0.15, 0.2) is 10.2 Å². The maximum atomic E-state index is 12.5. The number of rotatable bonds is 5. The molecule has 1 N–H and O–H groups in total. The number of carbonyl (C=O) groups is 3. The second-order valence-corrected chi connectivity index (χ2v) is 8.06. The molecule has 1 atom stereocenters. The van der Waals surface area contributed by atoms with Gasteiger partial charge in [0, 0.05) is 6.08 Å². The van der Waals surface area contributed by atoms with Crippen LogP contribution in [0.2, 0.25) is 0 Å². The summed E-state index contributed by atoms with van der Waals surface area (Å²) in [6.07, 6.45) is 1.48. The number of thioether (sulfide) groups is 1. The molecular weight excluding hydrogens is 414 g/mol. The average Bonchev–Trinajstić information content (AvgIpc) is 3.39. The molecule has 1 aliphatic rings. The number of fused-ring (bicyclic) bond motifs is 1. The van der Waals surface area contributed by atoms with Crippen LogP contribution >= 0.6 is 23.5 Å². The maximum Gasteiger partial charge on any atom is 0.328 e. The largest absolute Gasteiger partial charge is 0.467 e. The Bertz CT molecular complexity index is 1120. The molecule has 0 saturated carbocycles. The number of hydrogen-bond donors (Lipinski definition) is 1. The number of nitrogens with zero attached hydrogens (tertiary/aromatic N) is 2. The van der Waals surface area contributed by atoms with Gasteiger partial charge in [-0.15, -0.1) is 0 Å². The van der Waals surface area contributed by atoms with Crippen molar-refractivity contribution < 1.29 is 23.5 Å². The van der Waals surface area contributed by atoms with E-state index in [1.807, 2.05) is 24.3 Å². The molecule has 4 rings (SSSR count). The highest BCUT2D eigenvalue weighted by molar-refractivity contribution is 8.18. The lowest BCUT2D eigenvalue weighted by Crippen LogP contribution is -2.42. The SMILES string of the molecule is COC(=O)[C@@H](C)N1C(=O)S/C(=C\c2ccc(Sc3nc4ccccc4[nH]3)o2)C1=O. The monoisotopic (exact) mass is 429 g/mol. The van der Waals surface area contributed by atoms with Crippen molar-refractivity contribution in [2.45, 2.75) is 23.2 Å². The Hall–Kier alpha value is -2.98. The molecule has 2 amide bonds. The second kappa shape index (κ2) is 7.80. The summed E-state index contributed by atoms with van der Waals surface area (Å²) in [5, 5.41) is 0.736. The predicted octanol–water partition coefficient (Wildman–Crippen LogP) is 3.90. The van der Waals surface area contributed by atoms with Gasteiger partial charge in [0.05, 0.1) is 23.0 Å². The van der Waals surface area contributed by atoms with E-state index in [4.69, 9.17) is 4.42 Å². The molecule has 29 heavy (non-hydrogen) atoms. The van der Waals surface area contributed by atoms with E-state index in [1.54, 1.807) is 12.1 Å². The number of nitrogens with one attached hydrogen (secondary N) is 1. The van der Waals surface area contributed by atoms with E-state index < -0.39 is 23.2 Å². The summed E-state index contributed by atoms with van der Waals surface area (Å²) < 4.78 is 10.3. The normalized spacial score (nSPS) is 16.8. The fourth-order valence-corrected chi connectivity index (χ4v) is 4.42. The molecule has 1 aliphatic heterocycles. The third kappa shape index (κ3) is 3.81. The van der Waals surface area contributed by atoms with Gasteiger partial charge in [0.2, 0.25) is 0 Å². The van der Waals surface area contributed by atoms with Crippen LogP contribution in [0.1, 0.15) is 12.7 Å². The fraction of sp³-hybridized carbons (Fsp3) is 0.158. The molecule has 8 nitrogen and oxygen atoms in total. The number of imidazole rings is 1. The van der Waals surface area contributed by atoms with Crippen LogP contribution in [0.3, 0.4) is 0 Å². The number of H-pyrrole nitrogens is 1. The topological polar surface area (TPSA) is 106 Å². The molecule has 1 aromatic carbocycles. The zero-order valence-electron chi connectivity index (χ0n) is 15.4. The first-order chi connectivity index (χ1) is 14.0. The highest BCUT2D eigenvalue weighted by atomic mass is 32.2. The Labute approximate surface area is 173 Å². The van der Waals surface area contributed by atoms with Crippen molar-refractivity contribution in [1.82, 2.24) is 14.9 Å². The number of furan rings is 1. The van der Waals surface area contributed by atoms with Crippen molar-refractivity contribution in [1.29, 1.82) is 0 Å². The molecule has 10 heteroatoms. The van der Waals surface area contributed by atoms with E-state index in [0.717, 1.165) is 27.7 Å². The van der Waals surface area contributed by atoms with Gasteiger partial charge in [-0.25, -0.2) is 9.78 Å². The van der Waals surface area contributed by atoms with Gasteiger partial charge in [-0.2, -0.15) is 0 Å². The molecule has 148 valence electrons. The van der Waals surface area contributed by atoms with Gasteiger partial charge in [0.1, 0.15) is 11.8 Å². The first-order valence-electron chi connectivity index (χ1n) is 8.53. The molecule has 2 aromatic heterocycles. The van der Waals surface area contributed by atoms with Gasteiger partial charge in [-0.1, -0.05) is 12.1 Å². The third-order valence-electron chi connectivity index (χ3n) is 4.19. The quantitative estimate of drug-likeness (QED) is 0.481. The Balaban J connectivity index is 1.51. The standard InChI is InChI=1S/C19H15N3O5S2/c1-10(17(24)26-2)22-16(23)14(28-19(22)25)9-11-7-8-15(27-11)29-18-20-12-5-3-4-6-13(12)21-18/h3-10H,1-2H3,(H,20,21)/b14-9-/t10-/m1/s1. The van der Waals surface area contributed by atoms with Crippen LogP contribution in [0.4, 0.5) is 4.79 Å². The fourth-order valence-electron chi connectivity index (χ4n) is 2.76. The molecule has 0 spiro atoms. The van der Waals surface area contributed by atoms with E-state index >= 15 is 0 Å². The molecule has 1 fully saturated rings. The number of methoxy groups -OCH3 is 1. The smallest absolute Gasteiger partial charge is 0.328 e. The Morgan fingerprint density at radius 3 is 2.86 bits per heavy atom. The van der Waals surface area contributed by atoms with Crippen LogP contribution in [0, 0.1) is 0 Å². The van der Waals surface area contributed by atoms with Gasteiger partial charge in [-0.05, 0) is 54.7 Å². The van der Waals surface area contributed by atoms with Crippen LogP contribution in [0.5, 0.6) is 0 Å². The first-order valence-corrected chi connectivity index (χ1v) is 10.2. The maximum absolute atomic E-state index is 12.5. The summed E-state index contributed by atoms with van der Waals surface area (Å²) in [4.78, 5) is 45.1. The van der Waals surface area contributed by atoms with Crippen molar-refractivity contribution in [2.75, 3.05) is 7.11 Å². The lowest BCUT2D eigenvalue weighted by Gasteiger charge is -2.18. The molecule has 0 unspecified atom stereocenters. The summed E-state index contributed by atoms with van der Waals surface area (Å²) in [5.74, 6) is -0.795. The van der Waals surface area contributed by atoms with Crippen LogP contribution in [-0.4, -0.2) is 45.1 Å². The summed E-state index contributed by atoms with van der Waals surface area (Å²) in [7, 11) is 1.21. The van der Waals surface area contributed by atoms with E-state index in [2.05, 4.69) is 14.7 Å². The van der Waals surface area contributed by atoms with Gasteiger partial charge in [-0.3, -0.25) is 14.5 Å². The Kier molecular flexibility index (Phi) is 5.20. The summed E-state index contributed by atoms with van der Waals surface area (Å²) in [5.41, 5.74) is 1.78. The molecular formula is C19H15N3O5S2. The van der Waals surface area contributed by atoms with Crippen molar-refractivity contribution in [3.63, 3.8) is 0 Å². The summed E-state index contributed by atoms with van der Waals surface area (Å²) in [6, 6.07) is 10.1. The minimum absolute atomic E-state index is 0.181. The van der Waals surface area contributed by atoms with E-state index in [1.165, 1.54) is 31.9 Å². The van der Waals surface area contributed by atoms with Crippen LogP contribution in [0.25, 0.3) is 17.1 Å². The van der Waals surface area contributed by atoms with E-state index in [-0.39, 0.29) is 4.91 Å². The van der Waals surface area contributed by atoms with Crippen molar-refractivity contribution in [3.05, 3.63) is 47.1 Å². The van der Waals surface area contributed by atoms with Gasteiger partial charge >= 0.3 is 5.97 Å². The summed E-state index contributed by atoms with van der Waals surface area (Å²) in [6.45, 7) is 1.44. The lowest BCUT2D eigenvalue weighted by molar-refractivity contribution is -0.148. The zero-order valence-corrected chi connectivity index (χ0v) is 17.0. The van der Waals surface area contributed by atoms with Crippen molar-refractivity contribution in [3.8, 4) is 0 Å². The third-order valence-corrected chi connectivity index (χ3v) is 5.88. The Morgan fingerprint density at radius 2 is 2.10 bits per heavy atom. The number of imide groups is 1. The number of aromatic nitrogens is 2. The van der Waals surface area contributed by atoms with Crippen LogP contribution in [0.15, 0.2) is 56.0 Å². The number of hydrogen-bond acceptors (Lipinski definition) is 8. The Morgan fingerprint density at radius 1 is 1.31 bits per heavy atom. The number of carbonyl (C=O) groups excluding carboxylic acids is 3. The number of para-hydroxylation sites is 2. The molecule has 1 saturated heterocycles. The van der Waals surface area contributed by atoms with Crippen LogP contribution < -0.4 is 0 Å². The average molecular weight is 429 g/mol. The lowest BCUT2D eigenvalue weighted by atomic mass is 10.3. The van der Waals surface area contributed by atoms with Gasteiger partial charge < -0.3 is 14.1 Å². The first kappa shape index (κ1) is 19.3. The number of amides is 2. The van der Waals surface area contributed by atoms with E-state index in [0.29, 0.717) is 16.0 Å². The van der Waals surface area contributed by atoms with Crippen molar-refractivity contribution >= 4 is 57.7 Å². The number of aromatic amines is 1. The molecule has 0 aliphatic carbocycles. The summed E-state index contributed by atoms with van der Waals surface area (Å²) >= 11 is 2.07. The number of esters is 1. The highest BCUT2D eigenvalue weighted by Gasteiger charge is 2.41. The number of benzene rings is 1. The molecule has 3 heterocycles.